The number of aliphatic hydroxyl groups is 1. The van der Waals surface area contributed by atoms with Crippen molar-refractivity contribution < 1.29 is 38.3 Å². The highest BCUT2D eigenvalue weighted by Crippen LogP contribution is 2.59. The van der Waals surface area contributed by atoms with Crippen LogP contribution in [-0.2, 0) is 16.0 Å². The van der Waals surface area contributed by atoms with Gasteiger partial charge in [0.05, 0.1) is 44.5 Å². The number of carbonyl (C=O) groups excluding carboxylic acids is 1. The number of aliphatic hydroxyl groups excluding tert-OH is 1. The lowest BCUT2D eigenvalue weighted by molar-refractivity contribution is -0.156. The summed E-state index contributed by atoms with van der Waals surface area (Å²) < 4.78 is 36.9. The number of nitrogens with one attached hydrogen (secondary N) is 1. The molecule has 4 aliphatic heterocycles. The molecule has 1 amide bonds. The monoisotopic (exact) mass is 622 g/mol. The molecule has 3 unspecified atom stereocenters. The van der Waals surface area contributed by atoms with Crippen molar-refractivity contribution in [1.82, 2.24) is 10.2 Å². The van der Waals surface area contributed by atoms with E-state index in [0.29, 0.717) is 59.5 Å². The van der Waals surface area contributed by atoms with Gasteiger partial charge in [0, 0.05) is 28.9 Å². The van der Waals surface area contributed by atoms with Gasteiger partial charge in [-0.25, -0.2) is 0 Å². The number of rotatable bonds is 13. The van der Waals surface area contributed by atoms with Crippen LogP contribution in [-0.4, -0.2) is 68.3 Å². The topological polar surface area (TPSA) is 108 Å². The standard InChI is InChI=1S/C35H46N2O8/c1-7-10-13-41-17-23-25-26(31(42-12-9-3)20(5)32-34(25)45-18-44-32)29(38)28-27-24-21(16-22(36-27)35(39)37(23)28)15-19(4)30(40-6)33(24)43-14-11-8-2/h9,15,22-23,27-29,36,38H,3,7-8,10-14,16-18H2,1-2,4-6H3/t22?,23-,27?,28-,29?/m0/s1. The highest BCUT2D eigenvalue weighted by molar-refractivity contribution is 5.87. The van der Waals surface area contributed by atoms with Gasteiger partial charge in [-0.15, -0.1) is 0 Å². The molecule has 4 heterocycles. The molecule has 10 heteroatoms. The van der Waals surface area contributed by atoms with E-state index in [2.05, 4.69) is 31.8 Å². The minimum absolute atomic E-state index is 0.0438. The van der Waals surface area contributed by atoms with Crippen LogP contribution in [0.5, 0.6) is 28.7 Å². The Labute approximate surface area is 265 Å². The fraction of sp³-hybridized carbons (Fsp3) is 0.571. The zero-order valence-electron chi connectivity index (χ0n) is 27.1. The number of ether oxygens (including phenoxy) is 6. The fourth-order valence-corrected chi connectivity index (χ4v) is 7.44. The van der Waals surface area contributed by atoms with E-state index in [1.807, 2.05) is 18.7 Å². The summed E-state index contributed by atoms with van der Waals surface area (Å²) in [6.45, 7) is 13.6. The molecule has 1 saturated heterocycles. The Morgan fingerprint density at radius 2 is 1.80 bits per heavy atom. The predicted molar refractivity (Wildman–Crippen MR) is 169 cm³/mol. The SMILES string of the molecule is C=CCOc1c(C)c2c(c3c1C(O)[C@@H]1C4NC(Cc5cc(C)c(OC)c(OCCCC)c54)C(=O)N1[C@H]3COCCCC)OCO2. The van der Waals surface area contributed by atoms with E-state index in [4.69, 9.17) is 28.4 Å². The molecule has 10 nitrogen and oxygen atoms in total. The van der Waals surface area contributed by atoms with Gasteiger partial charge in [-0.1, -0.05) is 45.4 Å². The van der Waals surface area contributed by atoms with Crippen LogP contribution < -0.4 is 29.0 Å². The maximum absolute atomic E-state index is 14.5. The summed E-state index contributed by atoms with van der Waals surface area (Å²) in [7, 11) is 1.65. The van der Waals surface area contributed by atoms with Crippen molar-refractivity contribution in [3.05, 3.63) is 52.1 Å². The third kappa shape index (κ3) is 5.20. The predicted octanol–water partition coefficient (Wildman–Crippen LogP) is 5.16. The van der Waals surface area contributed by atoms with Crippen LogP contribution in [0, 0.1) is 13.8 Å². The smallest absolute Gasteiger partial charge is 0.241 e. The summed E-state index contributed by atoms with van der Waals surface area (Å²) in [5.74, 6) is 2.88. The number of fused-ring (bicyclic) bond motifs is 9. The summed E-state index contributed by atoms with van der Waals surface area (Å²) >= 11 is 0. The zero-order chi connectivity index (χ0) is 31.8. The van der Waals surface area contributed by atoms with Crippen LogP contribution in [0.15, 0.2) is 18.7 Å². The summed E-state index contributed by atoms with van der Waals surface area (Å²) in [4.78, 5) is 16.3. The summed E-state index contributed by atoms with van der Waals surface area (Å²) in [5.41, 5.74) is 4.91. The van der Waals surface area contributed by atoms with Crippen LogP contribution in [0.1, 0.15) is 91.1 Å². The number of aryl methyl sites for hydroxylation is 1. The minimum atomic E-state index is -1.12. The molecule has 6 rings (SSSR count). The van der Waals surface area contributed by atoms with Gasteiger partial charge in [-0.3, -0.25) is 10.1 Å². The number of unbranched alkanes of at least 4 members (excludes halogenated alkanes) is 2. The summed E-state index contributed by atoms with van der Waals surface area (Å²) in [6, 6.07) is -0.0481. The first-order valence-electron chi connectivity index (χ1n) is 16.2. The van der Waals surface area contributed by atoms with Gasteiger partial charge in [-0.2, -0.15) is 0 Å². The first-order valence-corrected chi connectivity index (χ1v) is 16.2. The molecule has 1 fully saturated rings. The molecule has 0 radical (unpaired) electrons. The molecule has 2 N–H and O–H groups in total. The molecule has 0 aliphatic carbocycles. The van der Waals surface area contributed by atoms with Crippen molar-refractivity contribution in [2.24, 2.45) is 0 Å². The average Bonchev–Trinajstić information content (AvgIpc) is 3.53. The number of nitrogens with zero attached hydrogens (tertiary/aromatic N) is 1. The minimum Gasteiger partial charge on any atom is -0.493 e. The third-order valence-electron chi connectivity index (χ3n) is 9.45. The lowest BCUT2D eigenvalue weighted by Gasteiger charge is -2.55. The van der Waals surface area contributed by atoms with E-state index in [-0.39, 0.29) is 25.9 Å². The molecule has 0 aromatic heterocycles. The van der Waals surface area contributed by atoms with Gasteiger partial charge in [0.15, 0.2) is 23.0 Å². The van der Waals surface area contributed by atoms with Gasteiger partial charge in [0.2, 0.25) is 12.7 Å². The molecule has 4 aliphatic rings. The molecule has 2 bridgehead atoms. The van der Waals surface area contributed by atoms with E-state index < -0.39 is 30.3 Å². The van der Waals surface area contributed by atoms with Gasteiger partial charge in [-0.05, 0) is 44.2 Å². The summed E-state index contributed by atoms with van der Waals surface area (Å²) in [5, 5.41) is 16.1. The van der Waals surface area contributed by atoms with Gasteiger partial charge >= 0.3 is 0 Å². The maximum Gasteiger partial charge on any atom is 0.241 e. The second-order valence-electron chi connectivity index (χ2n) is 12.3. The van der Waals surface area contributed by atoms with Crippen molar-refractivity contribution in [2.45, 2.75) is 90.1 Å². The second kappa shape index (κ2) is 13.1. The van der Waals surface area contributed by atoms with E-state index in [1.165, 1.54) is 0 Å². The Hall–Kier alpha value is -3.47. The van der Waals surface area contributed by atoms with E-state index in [0.717, 1.165) is 47.9 Å². The molecule has 0 saturated carbocycles. The van der Waals surface area contributed by atoms with Gasteiger partial charge < -0.3 is 38.4 Å². The Balaban J connectivity index is 1.56. The highest BCUT2D eigenvalue weighted by atomic mass is 16.7. The number of benzene rings is 2. The molecule has 0 spiro atoms. The molecular formula is C35H46N2O8. The largest absolute Gasteiger partial charge is 0.493 e. The third-order valence-corrected chi connectivity index (χ3v) is 9.45. The van der Waals surface area contributed by atoms with Crippen LogP contribution in [0.2, 0.25) is 0 Å². The zero-order valence-corrected chi connectivity index (χ0v) is 27.1. The second-order valence-corrected chi connectivity index (χ2v) is 12.3. The molecule has 2 aromatic rings. The van der Waals surface area contributed by atoms with Crippen molar-refractivity contribution in [3.63, 3.8) is 0 Å². The van der Waals surface area contributed by atoms with Gasteiger partial charge in [0.25, 0.3) is 0 Å². The fourth-order valence-electron chi connectivity index (χ4n) is 7.44. The lowest BCUT2D eigenvalue weighted by atomic mass is 9.73. The first-order chi connectivity index (χ1) is 21.9. The van der Waals surface area contributed by atoms with Crippen molar-refractivity contribution in [1.29, 1.82) is 0 Å². The van der Waals surface area contributed by atoms with Crippen molar-refractivity contribution >= 4 is 5.91 Å². The quantitative estimate of drug-likeness (QED) is 0.232. The number of hydrogen-bond acceptors (Lipinski definition) is 9. The Morgan fingerprint density at radius 1 is 1.04 bits per heavy atom. The number of piperazine rings is 1. The number of methoxy groups -OCH3 is 1. The van der Waals surface area contributed by atoms with Crippen molar-refractivity contribution in [3.8, 4) is 28.7 Å². The van der Waals surface area contributed by atoms with E-state index in [1.54, 1.807) is 13.2 Å². The molecule has 2 aromatic carbocycles. The Bertz CT molecular complexity index is 1460. The van der Waals surface area contributed by atoms with Crippen LogP contribution >= 0.6 is 0 Å². The first kappa shape index (κ1) is 31.5. The Kier molecular flexibility index (Phi) is 9.17. The maximum atomic E-state index is 14.5. The van der Waals surface area contributed by atoms with Gasteiger partial charge in [0.1, 0.15) is 18.5 Å². The Morgan fingerprint density at radius 3 is 2.53 bits per heavy atom. The van der Waals surface area contributed by atoms with E-state index >= 15 is 0 Å². The molecule has 5 atom stereocenters. The van der Waals surface area contributed by atoms with Crippen LogP contribution in [0.4, 0.5) is 0 Å². The average molecular weight is 623 g/mol. The number of amides is 1. The molecular weight excluding hydrogens is 576 g/mol. The summed E-state index contributed by atoms with van der Waals surface area (Å²) in [6.07, 6.45) is 4.82. The number of hydrogen-bond donors (Lipinski definition) is 2. The highest BCUT2D eigenvalue weighted by Gasteiger charge is 2.57. The van der Waals surface area contributed by atoms with Crippen molar-refractivity contribution in [2.75, 3.05) is 40.3 Å². The molecule has 244 valence electrons. The normalized spacial score (nSPS) is 24.1. The van der Waals surface area contributed by atoms with Crippen LogP contribution in [0.3, 0.4) is 0 Å². The lowest BCUT2D eigenvalue weighted by Crippen LogP contribution is -2.67. The molecule has 45 heavy (non-hydrogen) atoms. The van der Waals surface area contributed by atoms with Crippen LogP contribution in [0.25, 0.3) is 0 Å². The van der Waals surface area contributed by atoms with E-state index in [9.17, 15) is 9.90 Å². The number of carbonyl (C=O) groups is 1.